The van der Waals surface area contributed by atoms with Crippen molar-refractivity contribution in [3.8, 4) is 11.5 Å². The molecule has 1 aliphatic carbocycles. The Bertz CT molecular complexity index is 1790. The number of hydrogen-bond acceptors (Lipinski definition) is 5. The smallest absolute Gasteiger partial charge is 0.253 e. The van der Waals surface area contributed by atoms with Gasteiger partial charge in [0.15, 0.2) is 11.6 Å². The van der Waals surface area contributed by atoms with Gasteiger partial charge in [0, 0.05) is 36.7 Å². The third-order valence-corrected chi connectivity index (χ3v) is 10.00. The van der Waals surface area contributed by atoms with Crippen molar-refractivity contribution < 1.29 is 23.1 Å². The monoisotopic (exact) mass is 639 g/mol. The van der Waals surface area contributed by atoms with E-state index in [2.05, 4.69) is 31.1 Å². The van der Waals surface area contributed by atoms with Crippen LogP contribution in [0.3, 0.4) is 0 Å². The lowest BCUT2D eigenvalue weighted by molar-refractivity contribution is -0.133. The van der Waals surface area contributed by atoms with Gasteiger partial charge in [-0.25, -0.2) is 13.5 Å². The van der Waals surface area contributed by atoms with Crippen molar-refractivity contribution in [2.24, 2.45) is 0 Å². The van der Waals surface area contributed by atoms with Crippen molar-refractivity contribution in [3.63, 3.8) is 0 Å². The molecule has 7 rings (SSSR count). The highest BCUT2D eigenvalue weighted by molar-refractivity contribution is 5.94. The molecule has 3 aliphatic rings. The number of aromatic nitrogens is 3. The molecule has 0 radical (unpaired) electrons. The minimum absolute atomic E-state index is 0.00267. The molecule has 1 saturated carbocycles. The molecular formula is C37H39F2N5O3. The van der Waals surface area contributed by atoms with Crippen LogP contribution in [-0.2, 0) is 15.6 Å². The number of likely N-dealkylation sites (tertiary alicyclic amines) is 2. The third-order valence-electron chi connectivity index (χ3n) is 10.00. The Balaban J connectivity index is 0.941. The molecule has 3 heterocycles. The van der Waals surface area contributed by atoms with Crippen LogP contribution in [0.1, 0.15) is 86.1 Å². The fourth-order valence-corrected chi connectivity index (χ4v) is 6.96. The molecule has 4 aromatic rings. The average molecular weight is 640 g/mol. The Labute approximate surface area is 273 Å². The molecule has 0 bridgehead atoms. The van der Waals surface area contributed by atoms with E-state index in [0.717, 1.165) is 29.7 Å². The minimum atomic E-state index is -0.596. The average Bonchev–Trinajstić information content (AvgIpc) is 3.55. The van der Waals surface area contributed by atoms with Crippen LogP contribution in [0, 0.1) is 11.6 Å². The van der Waals surface area contributed by atoms with Crippen molar-refractivity contribution in [2.45, 2.75) is 75.8 Å². The second-order valence-corrected chi connectivity index (χ2v) is 14.1. The predicted molar refractivity (Wildman–Crippen MR) is 172 cm³/mol. The van der Waals surface area contributed by atoms with E-state index >= 15 is 4.39 Å². The number of ether oxygens (including phenoxy) is 1. The van der Waals surface area contributed by atoms with E-state index in [4.69, 9.17) is 4.74 Å². The highest BCUT2D eigenvalue weighted by Crippen LogP contribution is 2.52. The molecule has 8 nitrogen and oxygen atoms in total. The number of carbonyl (C=O) groups is 2. The van der Waals surface area contributed by atoms with Crippen molar-refractivity contribution in [1.29, 1.82) is 0 Å². The van der Waals surface area contributed by atoms with E-state index in [-0.39, 0.29) is 45.8 Å². The Morgan fingerprint density at radius 1 is 0.915 bits per heavy atom. The van der Waals surface area contributed by atoms with Crippen molar-refractivity contribution >= 4 is 11.8 Å². The molecule has 0 spiro atoms. The summed E-state index contributed by atoms with van der Waals surface area (Å²) in [4.78, 5) is 30.5. The van der Waals surface area contributed by atoms with Gasteiger partial charge >= 0.3 is 0 Å². The molecule has 1 atom stereocenters. The molecule has 2 aliphatic heterocycles. The van der Waals surface area contributed by atoms with E-state index < -0.39 is 11.9 Å². The fourth-order valence-electron chi connectivity index (χ4n) is 6.96. The van der Waals surface area contributed by atoms with Gasteiger partial charge < -0.3 is 14.5 Å². The van der Waals surface area contributed by atoms with Crippen molar-refractivity contribution in [3.05, 3.63) is 107 Å². The molecule has 0 N–H and O–H groups in total. The van der Waals surface area contributed by atoms with E-state index in [9.17, 15) is 14.0 Å². The van der Waals surface area contributed by atoms with Crippen LogP contribution < -0.4 is 4.74 Å². The van der Waals surface area contributed by atoms with Crippen LogP contribution in [0.5, 0.6) is 11.5 Å². The van der Waals surface area contributed by atoms with Gasteiger partial charge in [-0.05, 0) is 91.1 Å². The molecule has 3 fully saturated rings. The van der Waals surface area contributed by atoms with Crippen LogP contribution in [0.2, 0.25) is 0 Å². The zero-order chi connectivity index (χ0) is 32.9. The predicted octanol–water partition coefficient (Wildman–Crippen LogP) is 6.80. The molecular weight excluding hydrogens is 600 g/mol. The Morgan fingerprint density at radius 3 is 2.26 bits per heavy atom. The standard InChI is InChI=1S/C37H39F2N5O3/c1-36(2,3)25-7-11-29(12-8-25)47-32-13-4-24(22-30(32)39)34(45)42-19-14-28(15-20-42)43-21-16-31(35(43)46)44-23-33(40-41-44)37(17-18-37)26-5-9-27(38)10-6-26/h4-13,22-23,28,31H,14-21H2,1-3H3. The second-order valence-electron chi connectivity index (χ2n) is 14.1. The molecule has 47 heavy (non-hydrogen) atoms. The minimum Gasteiger partial charge on any atom is -0.454 e. The summed E-state index contributed by atoms with van der Waals surface area (Å²) in [6, 6.07) is 18.0. The zero-order valence-electron chi connectivity index (χ0n) is 27.0. The Hall–Kier alpha value is -4.60. The SMILES string of the molecule is CC(C)(C)c1ccc(Oc2ccc(C(=O)N3CCC(N4CCC(n5cc(C6(c7ccc(F)cc7)CC6)nn5)C4=O)CC3)cc2F)cc1. The van der Waals surface area contributed by atoms with E-state index in [1.54, 1.807) is 27.8 Å². The summed E-state index contributed by atoms with van der Waals surface area (Å²) in [5.74, 6) is -0.498. The Morgan fingerprint density at radius 2 is 1.62 bits per heavy atom. The topological polar surface area (TPSA) is 80.6 Å². The molecule has 1 aromatic heterocycles. The van der Waals surface area contributed by atoms with Crippen molar-refractivity contribution in [1.82, 2.24) is 24.8 Å². The maximum atomic E-state index is 15.0. The summed E-state index contributed by atoms with van der Waals surface area (Å²) >= 11 is 0. The number of piperidine rings is 1. The first-order valence-corrected chi connectivity index (χ1v) is 16.4. The number of benzene rings is 3. The summed E-state index contributed by atoms with van der Waals surface area (Å²) in [6.07, 6.45) is 5.64. The van der Waals surface area contributed by atoms with Gasteiger partial charge in [0.1, 0.15) is 17.6 Å². The lowest BCUT2D eigenvalue weighted by Gasteiger charge is -2.36. The number of nitrogens with zero attached hydrogens (tertiary/aromatic N) is 5. The maximum Gasteiger partial charge on any atom is 0.253 e. The first kappa shape index (κ1) is 31.0. The number of hydrogen-bond donors (Lipinski definition) is 0. The molecule has 2 amide bonds. The van der Waals surface area contributed by atoms with Crippen LogP contribution in [0.15, 0.2) is 72.9 Å². The van der Waals surface area contributed by atoms with Gasteiger partial charge in [-0.15, -0.1) is 5.10 Å². The first-order chi connectivity index (χ1) is 22.5. The third kappa shape index (κ3) is 6.01. The summed E-state index contributed by atoms with van der Waals surface area (Å²) in [6.45, 7) is 7.95. The van der Waals surface area contributed by atoms with E-state index in [1.807, 2.05) is 35.4 Å². The number of carbonyl (C=O) groups excluding carboxylic acids is 2. The largest absolute Gasteiger partial charge is 0.454 e. The van der Waals surface area contributed by atoms with Crippen LogP contribution in [-0.4, -0.2) is 62.3 Å². The summed E-state index contributed by atoms with van der Waals surface area (Å²) in [5, 5.41) is 8.78. The summed E-state index contributed by atoms with van der Waals surface area (Å²) < 4.78 is 36.0. The number of halogens is 2. The highest BCUT2D eigenvalue weighted by Gasteiger charge is 2.49. The number of rotatable bonds is 7. The molecule has 2 saturated heterocycles. The lowest BCUT2D eigenvalue weighted by atomic mass is 9.87. The van der Waals surface area contributed by atoms with Gasteiger partial charge in [-0.2, -0.15) is 0 Å². The quantitative estimate of drug-likeness (QED) is 0.222. The zero-order valence-corrected chi connectivity index (χ0v) is 27.0. The van der Waals surface area contributed by atoms with Gasteiger partial charge in [0.25, 0.3) is 5.91 Å². The first-order valence-electron chi connectivity index (χ1n) is 16.4. The van der Waals surface area contributed by atoms with Crippen LogP contribution in [0.25, 0.3) is 0 Å². The second kappa shape index (κ2) is 11.9. The number of amides is 2. The fraction of sp³-hybridized carbons (Fsp3) is 0.405. The van der Waals surface area contributed by atoms with E-state index in [0.29, 0.717) is 44.6 Å². The van der Waals surface area contributed by atoms with Gasteiger partial charge in [0.2, 0.25) is 5.91 Å². The lowest BCUT2D eigenvalue weighted by Crippen LogP contribution is -2.47. The van der Waals surface area contributed by atoms with Gasteiger partial charge in [0.05, 0.1) is 11.9 Å². The van der Waals surface area contributed by atoms with Gasteiger partial charge in [-0.3, -0.25) is 9.59 Å². The van der Waals surface area contributed by atoms with E-state index in [1.165, 1.54) is 24.3 Å². The Kier molecular flexibility index (Phi) is 7.85. The molecule has 1 unspecified atom stereocenters. The molecule has 10 heteroatoms. The normalized spacial score (nSPS) is 19.7. The van der Waals surface area contributed by atoms with Crippen LogP contribution >= 0.6 is 0 Å². The highest BCUT2D eigenvalue weighted by atomic mass is 19.1. The molecule has 244 valence electrons. The summed E-state index contributed by atoms with van der Waals surface area (Å²) in [7, 11) is 0. The van der Waals surface area contributed by atoms with Crippen LogP contribution in [0.4, 0.5) is 8.78 Å². The maximum absolute atomic E-state index is 15.0. The van der Waals surface area contributed by atoms with Crippen molar-refractivity contribution in [2.75, 3.05) is 19.6 Å². The molecule has 3 aromatic carbocycles. The van der Waals surface area contributed by atoms with Gasteiger partial charge in [-0.1, -0.05) is 50.3 Å². The summed E-state index contributed by atoms with van der Waals surface area (Å²) in [5.41, 5.74) is 2.99.